The largest absolute Gasteiger partial charge is 0.492 e. The standard InChI is InChI=1S/C18H21FN2O4S/c1-3-25-17-11-7-5-9-15(17)20-18(22)12-13-21(26(2,23)24)16-10-6-4-8-14(16)19/h4-11H,3,12-13H2,1-2H3,(H,20,22). The van der Waals surface area contributed by atoms with Crippen LogP contribution in [0.4, 0.5) is 15.8 Å². The number of anilines is 2. The van der Waals surface area contributed by atoms with Gasteiger partial charge in [-0.05, 0) is 31.2 Å². The normalized spacial score (nSPS) is 11.0. The number of para-hydroxylation sites is 3. The summed E-state index contributed by atoms with van der Waals surface area (Å²) >= 11 is 0. The van der Waals surface area contributed by atoms with Gasteiger partial charge in [0.2, 0.25) is 15.9 Å². The van der Waals surface area contributed by atoms with Crippen LogP contribution >= 0.6 is 0 Å². The Labute approximate surface area is 152 Å². The van der Waals surface area contributed by atoms with E-state index < -0.39 is 21.7 Å². The molecule has 140 valence electrons. The van der Waals surface area contributed by atoms with Crippen LogP contribution in [0.25, 0.3) is 0 Å². The molecule has 2 rings (SSSR count). The second-order valence-electron chi connectivity index (χ2n) is 5.51. The molecule has 0 aliphatic heterocycles. The molecule has 0 saturated heterocycles. The van der Waals surface area contributed by atoms with Crippen LogP contribution in [0.1, 0.15) is 13.3 Å². The third kappa shape index (κ3) is 5.19. The van der Waals surface area contributed by atoms with Crippen molar-refractivity contribution < 1.29 is 22.3 Å². The molecule has 0 radical (unpaired) electrons. The van der Waals surface area contributed by atoms with Crippen LogP contribution in [0.3, 0.4) is 0 Å². The van der Waals surface area contributed by atoms with Gasteiger partial charge in [-0.25, -0.2) is 12.8 Å². The third-order valence-corrected chi connectivity index (χ3v) is 4.70. The summed E-state index contributed by atoms with van der Waals surface area (Å²) in [6.07, 6.45) is 0.837. The van der Waals surface area contributed by atoms with Crippen LogP contribution in [0.2, 0.25) is 0 Å². The minimum Gasteiger partial charge on any atom is -0.492 e. The number of carbonyl (C=O) groups excluding carboxylic acids is 1. The van der Waals surface area contributed by atoms with Crippen molar-refractivity contribution in [2.75, 3.05) is 29.0 Å². The second kappa shape index (κ2) is 8.66. The lowest BCUT2D eigenvalue weighted by Gasteiger charge is -2.22. The molecule has 0 saturated carbocycles. The van der Waals surface area contributed by atoms with E-state index in [1.54, 1.807) is 24.3 Å². The van der Waals surface area contributed by atoms with Crippen molar-refractivity contribution in [3.8, 4) is 5.75 Å². The van der Waals surface area contributed by atoms with Gasteiger partial charge in [-0.15, -0.1) is 0 Å². The third-order valence-electron chi connectivity index (χ3n) is 3.52. The van der Waals surface area contributed by atoms with Gasteiger partial charge in [-0.1, -0.05) is 24.3 Å². The average Bonchev–Trinajstić information content (AvgIpc) is 2.57. The van der Waals surface area contributed by atoms with E-state index in [-0.39, 0.29) is 18.7 Å². The number of ether oxygens (including phenoxy) is 1. The van der Waals surface area contributed by atoms with Gasteiger partial charge in [-0.3, -0.25) is 9.10 Å². The number of sulfonamides is 1. The fourth-order valence-corrected chi connectivity index (χ4v) is 3.31. The maximum atomic E-state index is 14.0. The quantitative estimate of drug-likeness (QED) is 0.764. The predicted octanol–water partition coefficient (Wildman–Crippen LogP) is 3.02. The minimum absolute atomic E-state index is 0.0856. The molecule has 0 aliphatic rings. The van der Waals surface area contributed by atoms with Crippen LogP contribution in [0.15, 0.2) is 48.5 Å². The maximum absolute atomic E-state index is 14.0. The highest BCUT2D eigenvalue weighted by molar-refractivity contribution is 7.92. The van der Waals surface area contributed by atoms with Crippen LogP contribution in [-0.4, -0.2) is 33.7 Å². The predicted molar refractivity (Wildman–Crippen MR) is 99.4 cm³/mol. The van der Waals surface area contributed by atoms with Gasteiger partial charge in [0.25, 0.3) is 0 Å². The number of hydrogen-bond acceptors (Lipinski definition) is 4. The molecule has 0 aromatic heterocycles. The highest BCUT2D eigenvalue weighted by atomic mass is 32.2. The smallest absolute Gasteiger partial charge is 0.232 e. The van der Waals surface area contributed by atoms with Gasteiger partial charge in [0.05, 0.1) is 24.2 Å². The van der Waals surface area contributed by atoms with E-state index in [0.29, 0.717) is 18.0 Å². The number of amides is 1. The molecule has 1 amide bonds. The first kappa shape index (κ1) is 19.7. The molecule has 2 aromatic carbocycles. The molecule has 26 heavy (non-hydrogen) atoms. The zero-order valence-electron chi connectivity index (χ0n) is 14.6. The number of halogens is 1. The SMILES string of the molecule is CCOc1ccccc1NC(=O)CCN(c1ccccc1F)S(C)(=O)=O. The van der Waals surface area contributed by atoms with Crippen molar-refractivity contribution in [2.45, 2.75) is 13.3 Å². The van der Waals surface area contributed by atoms with Gasteiger partial charge >= 0.3 is 0 Å². The van der Waals surface area contributed by atoms with Crippen molar-refractivity contribution in [2.24, 2.45) is 0 Å². The summed E-state index contributed by atoms with van der Waals surface area (Å²) in [7, 11) is -3.74. The van der Waals surface area contributed by atoms with E-state index in [1.165, 1.54) is 24.3 Å². The Hall–Kier alpha value is -2.61. The zero-order valence-corrected chi connectivity index (χ0v) is 15.4. The molecule has 2 aromatic rings. The van der Waals surface area contributed by atoms with Gasteiger partial charge in [-0.2, -0.15) is 0 Å². The summed E-state index contributed by atoms with van der Waals surface area (Å²) in [5, 5.41) is 2.69. The summed E-state index contributed by atoms with van der Waals surface area (Å²) in [6.45, 7) is 2.10. The summed E-state index contributed by atoms with van der Waals surface area (Å²) in [4.78, 5) is 12.2. The van der Waals surface area contributed by atoms with Crippen molar-refractivity contribution in [3.05, 3.63) is 54.3 Å². The molecular formula is C18H21FN2O4S. The summed E-state index contributed by atoms with van der Waals surface area (Å²) < 4.78 is 44.3. The second-order valence-corrected chi connectivity index (χ2v) is 7.42. The monoisotopic (exact) mass is 380 g/mol. The number of hydrogen-bond donors (Lipinski definition) is 1. The lowest BCUT2D eigenvalue weighted by atomic mass is 10.2. The summed E-state index contributed by atoms with van der Waals surface area (Å²) in [6, 6.07) is 12.5. The Morgan fingerprint density at radius 2 is 1.81 bits per heavy atom. The van der Waals surface area contributed by atoms with E-state index in [9.17, 15) is 17.6 Å². The Morgan fingerprint density at radius 1 is 1.15 bits per heavy atom. The molecule has 0 fully saturated rings. The van der Waals surface area contributed by atoms with E-state index >= 15 is 0 Å². The van der Waals surface area contributed by atoms with E-state index in [1.807, 2.05) is 6.92 Å². The van der Waals surface area contributed by atoms with Gasteiger partial charge in [0, 0.05) is 13.0 Å². The molecule has 0 atom stereocenters. The Morgan fingerprint density at radius 3 is 2.46 bits per heavy atom. The molecule has 0 bridgehead atoms. The molecule has 0 unspecified atom stereocenters. The number of benzene rings is 2. The van der Waals surface area contributed by atoms with Crippen LogP contribution in [0, 0.1) is 5.82 Å². The molecule has 6 nitrogen and oxygen atoms in total. The molecule has 0 heterocycles. The lowest BCUT2D eigenvalue weighted by molar-refractivity contribution is -0.116. The van der Waals surface area contributed by atoms with Gasteiger partial charge in [0.15, 0.2) is 0 Å². The first-order chi connectivity index (χ1) is 12.3. The Balaban J connectivity index is 2.10. The van der Waals surface area contributed by atoms with Crippen LogP contribution in [0.5, 0.6) is 5.75 Å². The Kier molecular flexibility index (Phi) is 6.57. The van der Waals surface area contributed by atoms with E-state index in [4.69, 9.17) is 4.74 Å². The fraction of sp³-hybridized carbons (Fsp3) is 0.278. The first-order valence-electron chi connectivity index (χ1n) is 8.07. The average molecular weight is 380 g/mol. The molecule has 0 aliphatic carbocycles. The maximum Gasteiger partial charge on any atom is 0.232 e. The van der Waals surface area contributed by atoms with Crippen molar-refractivity contribution in [1.29, 1.82) is 0 Å². The summed E-state index contributed by atoms with van der Waals surface area (Å²) in [5.41, 5.74) is 0.411. The summed E-state index contributed by atoms with van der Waals surface area (Å²) in [5.74, 6) is -0.542. The van der Waals surface area contributed by atoms with Crippen LogP contribution in [-0.2, 0) is 14.8 Å². The van der Waals surface area contributed by atoms with E-state index in [2.05, 4.69) is 5.32 Å². The topological polar surface area (TPSA) is 75.7 Å². The highest BCUT2D eigenvalue weighted by Crippen LogP contribution is 2.24. The lowest BCUT2D eigenvalue weighted by Crippen LogP contribution is -2.33. The minimum atomic E-state index is -3.74. The zero-order chi connectivity index (χ0) is 19.2. The highest BCUT2D eigenvalue weighted by Gasteiger charge is 2.21. The number of nitrogens with one attached hydrogen (secondary N) is 1. The Bertz CT molecular complexity index is 871. The molecular weight excluding hydrogens is 359 g/mol. The first-order valence-corrected chi connectivity index (χ1v) is 9.91. The number of rotatable bonds is 8. The van der Waals surface area contributed by atoms with Crippen molar-refractivity contribution in [1.82, 2.24) is 0 Å². The number of nitrogens with zero attached hydrogens (tertiary/aromatic N) is 1. The molecule has 0 spiro atoms. The van der Waals surface area contributed by atoms with Crippen molar-refractivity contribution >= 4 is 27.3 Å². The van der Waals surface area contributed by atoms with Gasteiger partial charge in [0.1, 0.15) is 11.6 Å². The van der Waals surface area contributed by atoms with Crippen LogP contribution < -0.4 is 14.4 Å². The number of carbonyl (C=O) groups is 1. The van der Waals surface area contributed by atoms with E-state index in [0.717, 1.165) is 10.6 Å². The molecule has 1 N–H and O–H groups in total. The fourth-order valence-electron chi connectivity index (χ4n) is 2.39. The van der Waals surface area contributed by atoms with Gasteiger partial charge < -0.3 is 10.1 Å². The van der Waals surface area contributed by atoms with Crippen molar-refractivity contribution in [3.63, 3.8) is 0 Å². The molecule has 8 heteroatoms.